The van der Waals surface area contributed by atoms with Crippen molar-refractivity contribution in [2.45, 2.75) is 44.4 Å². The number of fused-ring (bicyclic) bond motifs is 2. The van der Waals surface area contributed by atoms with Crippen molar-refractivity contribution in [1.29, 1.82) is 0 Å². The van der Waals surface area contributed by atoms with E-state index in [1.54, 1.807) is 0 Å². The molecule has 2 N–H and O–H groups in total. The van der Waals surface area contributed by atoms with Crippen LogP contribution in [0.25, 0.3) is 0 Å². The lowest BCUT2D eigenvalue weighted by atomic mass is 9.96. The maximum atomic E-state index is 9.31. The van der Waals surface area contributed by atoms with Gasteiger partial charge < -0.3 is 10.4 Å². The lowest BCUT2D eigenvalue weighted by Crippen LogP contribution is -2.42. The number of aliphatic hydroxyl groups is 1. The van der Waals surface area contributed by atoms with E-state index < -0.39 is 0 Å². The molecule has 0 spiro atoms. The highest BCUT2D eigenvalue weighted by Crippen LogP contribution is 2.36. The molecule has 0 aromatic carbocycles. The van der Waals surface area contributed by atoms with E-state index in [-0.39, 0.29) is 6.10 Å². The number of hydrogen-bond acceptors (Lipinski definition) is 2. The van der Waals surface area contributed by atoms with Gasteiger partial charge in [-0.15, -0.1) is 0 Å². The van der Waals surface area contributed by atoms with Crippen LogP contribution in [0.2, 0.25) is 0 Å². The highest BCUT2D eigenvalue weighted by Gasteiger charge is 2.40. The minimum Gasteiger partial charge on any atom is -0.392 e. The van der Waals surface area contributed by atoms with Crippen molar-refractivity contribution in [3.05, 3.63) is 0 Å². The van der Waals surface area contributed by atoms with E-state index in [2.05, 4.69) is 5.32 Å². The molecule has 0 radical (unpaired) electrons. The van der Waals surface area contributed by atoms with Gasteiger partial charge in [-0.25, -0.2) is 0 Å². The average molecular weight is 141 g/mol. The number of aliphatic hydroxyl groups excluding tert-OH is 1. The van der Waals surface area contributed by atoms with Crippen molar-refractivity contribution < 1.29 is 5.11 Å². The van der Waals surface area contributed by atoms with Gasteiger partial charge in [-0.05, 0) is 32.1 Å². The third kappa shape index (κ3) is 0.867. The number of piperidine rings is 1. The Hall–Kier alpha value is -0.0800. The van der Waals surface area contributed by atoms with Crippen LogP contribution in [-0.4, -0.2) is 23.3 Å². The molecule has 1 aliphatic heterocycles. The summed E-state index contributed by atoms with van der Waals surface area (Å²) in [7, 11) is 0. The van der Waals surface area contributed by atoms with Gasteiger partial charge in [0.05, 0.1) is 6.10 Å². The van der Waals surface area contributed by atoms with Crippen LogP contribution in [0, 0.1) is 5.92 Å². The normalized spacial score (nSPS) is 48.0. The molecule has 2 rings (SSSR count). The second kappa shape index (κ2) is 2.21. The van der Waals surface area contributed by atoms with Gasteiger partial charge in [0.2, 0.25) is 0 Å². The van der Waals surface area contributed by atoms with E-state index in [9.17, 15) is 5.11 Å². The number of rotatable bonds is 1. The second-order valence-corrected chi connectivity index (χ2v) is 3.70. The molecule has 58 valence electrons. The first kappa shape index (κ1) is 6.62. The standard InChI is InChI=1S/C8H15NO/c1-5(10)8-6-2-3-7(4-6)9-8/h5-10H,2-4H2,1H3/t5-,6+,7-,8-/m0/s1. The molecule has 0 aromatic heterocycles. The van der Waals surface area contributed by atoms with Gasteiger partial charge in [-0.1, -0.05) is 0 Å². The molecule has 0 unspecified atom stereocenters. The van der Waals surface area contributed by atoms with Gasteiger partial charge in [0.15, 0.2) is 0 Å². The van der Waals surface area contributed by atoms with Crippen LogP contribution in [0.5, 0.6) is 0 Å². The van der Waals surface area contributed by atoms with Crippen LogP contribution in [0.1, 0.15) is 26.2 Å². The van der Waals surface area contributed by atoms with Crippen molar-refractivity contribution in [3.63, 3.8) is 0 Å². The van der Waals surface area contributed by atoms with Crippen LogP contribution in [0.4, 0.5) is 0 Å². The zero-order valence-corrected chi connectivity index (χ0v) is 6.38. The lowest BCUT2D eigenvalue weighted by molar-refractivity contribution is 0.122. The molecule has 2 bridgehead atoms. The largest absolute Gasteiger partial charge is 0.392 e. The molecule has 1 heterocycles. The number of hydrogen-bond donors (Lipinski definition) is 2. The molecule has 2 heteroatoms. The van der Waals surface area contributed by atoms with Crippen molar-refractivity contribution in [3.8, 4) is 0 Å². The minimum absolute atomic E-state index is 0.157. The maximum Gasteiger partial charge on any atom is 0.0667 e. The first-order valence-electron chi connectivity index (χ1n) is 4.21. The Kier molecular flexibility index (Phi) is 1.46. The average Bonchev–Trinajstić information content (AvgIpc) is 2.44. The summed E-state index contributed by atoms with van der Waals surface area (Å²) in [6.45, 7) is 1.89. The fourth-order valence-corrected chi connectivity index (χ4v) is 2.44. The van der Waals surface area contributed by atoms with E-state index in [4.69, 9.17) is 0 Å². The topological polar surface area (TPSA) is 32.3 Å². The fraction of sp³-hybridized carbons (Fsp3) is 1.00. The third-order valence-corrected chi connectivity index (χ3v) is 2.93. The van der Waals surface area contributed by atoms with Crippen molar-refractivity contribution in [2.75, 3.05) is 0 Å². The van der Waals surface area contributed by atoms with E-state index >= 15 is 0 Å². The molecule has 10 heavy (non-hydrogen) atoms. The third-order valence-electron chi connectivity index (χ3n) is 2.93. The van der Waals surface area contributed by atoms with Gasteiger partial charge in [-0.3, -0.25) is 0 Å². The zero-order valence-electron chi connectivity index (χ0n) is 6.38. The van der Waals surface area contributed by atoms with Crippen molar-refractivity contribution in [2.24, 2.45) is 5.92 Å². The van der Waals surface area contributed by atoms with E-state index in [1.165, 1.54) is 19.3 Å². The molecule has 0 aromatic rings. The fourth-order valence-electron chi connectivity index (χ4n) is 2.44. The van der Waals surface area contributed by atoms with E-state index in [1.807, 2.05) is 6.92 Å². The van der Waals surface area contributed by atoms with Crippen molar-refractivity contribution in [1.82, 2.24) is 5.32 Å². The Morgan fingerprint density at radius 3 is 2.60 bits per heavy atom. The Morgan fingerprint density at radius 2 is 2.30 bits per heavy atom. The smallest absolute Gasteiger partial charge is 0.0667 e. The molecule has 1 aliphatic carbocycles. The van der Waals surface area contributed by atoms with E-state index in [0.717, 1.165) is 12.0 Å². The first-order valence-corrected chi connectivity index (χ1v) is 4.21. The van der Waals surface area contributed by atoms with Crippen LogP contribution in [0.3, 0.4) is 0 Å². The summed E-state index contributed by atoms with van der Waals surface area (Å²) < 4.78 is 0. The van der Waals surface area contributed by atoms with Gasteiger partial charge in [0, 0.05) is 12.1 Å². The highest BCUT2D eigenvalue weighted by atomic mass is 16.3. The van der Waals surface area contributed by atoms with Crippen LogP contribution < -0.4 is 5.32 Å². The number of nitrogens with one attached hydrogen (secondary N) is 1. The predicted octanol–water partition coefficient (Wildman–Crippen LogP) is 0.508. The zero-order chi connectivity index (χ0) is 7.14. The molecule has 1 saturated carbocycles. The molecule has 2 nitrogen and oxygen atoms in total. The van der Waals surface area contributed by atoms with E-state index in [0.29, 0.717) is 6.04 Å². The molecular weight excluding hydrogens is 126 g/mol. The SMILES string of the molecule is C[C@H](O)[C@@H]1N[C@H]2CC[C@@H]1C2. The summed E-state index contributed by atoms with van der Waals surface area (Å²) in [6.07, 6.45) is 3.80. The molecule has 0 amide bonds. The summed E-state index contributed by atoms with van der Waals surface area (Å²) in [4.78, 5) is 0. The molecule has 2 aliphatic rings. The second-order valence-electron chi connectivity index (χ2n) is 3.70. The molecule has 2 fully saturated rings. The van der Waals surface area contributed by atoms with Gasteiger partial charge >= 0.3 is 0 Å². The molecule has 1 saturated heterocycles. The Balaban J connectivity index is 2.02. The summed E-state index contributed by atoms with van der Waals surface area (Å²) >= 11 is 0. The van der Waals surface area contributed by atoms with Crippen LogP contribution in [-0.2, 0) is 0 Å². The molecule has 4 atom stereocenters. The summed E-state index contributed by atoms with van der Waals surface area (Å²) in [6, 6.07) is 1.13. The monoisotopic (exact) mass is 141 g/mol. The van der Waals surface area contributed by atoms with Gasteiger partial charge in [0.1, 0.15) is 0 Å². The van der Waals surface area contributed by atoms with Gasteiger partial charge in [-0.2, -0.15) is 0 Å². The lowest BCUT2D eigenvalue weighted by Gasteiger charge is -2.25. The Morgan fingerprint density at radius 1 is 1.50 bits per heavy atom. The summed E-state index contributed by atoms with van der Waals surface area (Å²) in [5.41, 5.74) is 0. The minimum atomic E-state index is -0.157. The van der Waals surface area contributed by atoms with Gasteiger partial charge in [0.25, 0.3) is 0 Å². The Bertz CT molecular complexity index is 135. The van der Waals surface area contributed by atoms with Crippen LogP contribution in [0.15, 0.2) is 0 Å². The summed E-state index contributed by atoms with van der Waals surface area (Å²) in [5, 5.41) is 12.8. The predicted molar refractivity (Wildman–Crippen MR) is 39.7 cm³/mol. The Labute approximate surface area is 61.6 Å². The maximum absolute atomic E-state index is 9.31. The first-order chi connectivity index (χ1) is 4.77. The van der Waals surface area contributed by atoms with Crippen molar-refractivity contribution >= 4 is 0 Å². The molecular formula is C8H15NO. The quantitative estimate of drug-likeness (QED) is 0.557. The summed E-state index contributed by atoms with van der Waals surface area (Å²) in [5.74, 6) is 0.769. The van der Waals surface area contributed by atoms with Crippen LogP contribution >= 0.6 is 0 Å². The highest BCUT2D eigenvalue weighted by molar-refractivity contribution is 4.98.